The Labute approximate surface area is 210 Å². The Morgan fingerprint density at radius 3 is 2.47 bits per heavy atom. The fourth-order valence-corrected chi connectivity index (χ4v) is 5.87. The first-order valence-corrected chi connectivity index (χ1v) is 13.7. The Bertz CT molecular complexity index is 1340. The summed E-state index contributed by atoms with van der Waals surface area (Å²) in [4.78, 5) is 10.7. The van der Waals surface area contributed by atoms with E-state index in [-0.39, 0.29) is 22.3 Å². The standard InChI is InChI=1S/C27H30F3N3O2S/c1-18(2)21-9-4-5-10-22(21)26-23(27(28,29)30)14-13-20(31-26)17-36(34,35)25-12-6-11-24(32-25)33-15-7-8-19(3)16-33/h4-6,9-14,18-19H,7-8,15-17H2,1-3H3/t19-/m0/s1. The highest BCUT2D eigenvalue weighted by Gasteiger charge is 2.35. The summed E-state index contributed by atoms with van der Waals surface area (Å²) >= 11 is 0. The SMILES string of the molecule is CC(C)c1ccccc1-c1nc(CS(=O)(=O)c2cccc(N3CCC[C@H](C)C3)n2)ccc1C(F)(F)F. The molecule has 1 atom stereocenters. The van der Waals surface area contributed by atoms with E-state index >= 15 is 0 Å². The van der Waals surface area contributed by atoms with Crippen molar-refractivity contribution in [3.05, 3.63) is 71.4 Å². The molecule has 0 spiro atoms. The summed E-state index contributed by atoms with van der Waals surface area (Å²) in [6.45, 7) is 7.54. The number of alkyl halides is 3. The van der Waals surface area contributed by atoms with Crippen LogP contribution >= 0.6 is 0 Å². The molecule has 1 fully saturated rings. The average Bonchev–Trinajstić information content (AvgIpc) is 2.83. The Morgan fingerprint density at radius 2 is 1.78 bits per heavy atom. The minimum absolute atomic E-state index is 0.0374. The van der Waals surface area contributed by atoms with Gasteiger partial charge < -0.3 is 4.90 Å². The number of anilines is 1. The van der Waals surface area contributed by atoms with E-state index < -0.39 is 27.3 Å². The predicted molar refractivity (Wildman–Crippen MR) is 135 cm³/mol. The molecule has 5 nitrogen and oxygen atoms in total. The lowest BCUT2D eigenvalue weighted by molar-refractivity contribution is -0.137. The molecule has 1 aliphatic rings. The molecule has 4 rings (SSSR count). The first kappa shape index (κ1) is 26.1. The van der Waals surface area contributed by atoms with E-state index in [2.05, 4.69) is 21.8 Å². The molecule has 0 radical (unpaired) electrons. The predicted octanol–water partition coefficient (Wildman–Crippen LogP) is 6.50. The zero-order valence-corrected chi connectivity index (χ0v) is 21.4. The van der Waals surface area contributed by atoms with Crippen LogP contribution in [0.15, 0.2) is 59.6 Å². The van der Waals surface area contributed by atoms with Crippen LogP contribution in [0.2, 0.25) is 0 Å². The summed E-state index contributed by atoms with van der Waals surface area (Å²) in [5, 5.41) is -0.107. The molecule has 1 aliphatic heterocycles. The molecule has 0 unspecified atom stereocenters. The smallest absolute Gasteiger partial charge is 0.356 e. The maximum atomic E-state index is 13.9. The highest BCUT2D eigenvalue weighted by molar-refractivity contribution is 7.90. The van der Waals surface area contributed by atoms with E-state index in [4.69, 9.17) is 0 Å². The van der Waals surface area contributed by atoms with Crippen LogP contribution in [0.5, 0.6) is 0 Å². The van der Waals surface area contributed by atoms with Gasteiger partial charge in [0.25, 0.3) is 0 Å². The molecule has 1 saturated heterocycles. The molecule has 0 N–H and O–H groups in total. The van der Waals surface area contributed by atoms with E-state index in [1.54, 1.807) is 36.4 Å². The first-order valence-electron chi connectivity index (χ1n) is 12.1. The van der Waals surface area contributed by atoms with E-state index in [1.807, 2.05) is 13.8 Å². The summed E-state index contributed by atoms with van der Waals surface area (Å²) in [6.07, 6.45) is -2.50. The molecule has 36 heavy (non-hydrogen) atoms. The Kier molecular flexibility index (Phi) is 7.41. The van der Waals surface area contributed by atoms with E-state index in [1.165, 1.54) is 6.07 Å². The van der Waals surface area contributed by atoms with Crippen LogP contribution in [0.4, 0.5) is 19.0 Å². The highest BCUT2D eigenvalue weighted by Crippen LogP contribution is 2.39. The van der Waals surface area contributed by atoms with Crippen molar-refractivity contribution >= 4 is 15.7 Å². The number of hydrogen-bond acceptors (Lipinski definition) is 5. The second-order valence-corrected chi connectivity index (χ2v) is 11.7. The van der Waals surface area contributed by atoms with E-state index in [0.717, 1.165) is 38.1 Å². The first-order chi connectivity index (χ1) is 17.0. The molecular weight excluding hydrogens is 487 g/mol. The van der Waals surface area contributed by atoms with Gasteiger partial charge in [0.1, 0.15) is 5.82 Å². The lowest BCUT2D eigenvalue weighted by Crippen LogP contribution is -2.35. The maximum absolute atomic E-state index is 13.9. The summed E-state index contributed by atoms with van der Waals surface area (Å²) in [5.41, 5.74) is -0.0611. The topological polar surface area (TPSA) is 63.2 Å². The molecule has 0 aliphatic carbocycles. The number of halogens is 3. The highest BCUT2D eigenvalue weighted by atomic mass is 32.2. The monoisotopic (exact) mass is 517 g/mol. The lowest BCUT2D eigenvalue weighted by Gasteiger charge is -2.32. The summed E-state index contributed by atoms with van der Waals surface area (Å²) in [7, 11) is -3.94. The van der Waals surface area contributed by atoms with Crippen molar-refractivity contribution < 1.29 is 21.6 Å². The zero-order valence-electron chi connectivity index (χ0n) is 20.6. The minimum Gasteiger partial charge on any atom is -0.356 e. The molecule has 192 valence electrons. The molecular formula is C27H30F3N3O2S. The Hall–Kier alpha value is -2.94. The summed E-state index contributed by atoms with van der Waals surface area (Å²) < 4.78 is 68.2. The van der Waals surface area contributed by atoms with Crippen LogP contribution < -0.4 is 4.90 Å². The van der Waals surface area contributed by atoms with Crippen LogP contribution in [0, 0.1) is 5.92 Å². The van der Waals surface area contributed by atoms with Crippen molar-refractivity contribution in [3.8, 4) is 11.3 Å². The second-order valence-electron chi connectivity index (χ2n) is 9.72. The van der Waals surface area contributed by atoms with E-state index in [9.17, 15) is 21.6 Å². The fourth-order valence-electron chi connectivity index (χ4n) is 4.65. The number of piperidine rings is 1. The molecule has 3 aromatic rings. The van der Waals surface area contributed by atoms with Crippen molar-refractivity contribution in [3.63, 3.8) is 0 Å². The van der Waals surface area contributed by atoms with Crippen LogP contribution in [-0.2, 0) is 21.8 Å². The van der Waals surface area contributed by atoms with Gasteiger partial charge >= 0.3 is 6.18 Å². The number of sulfone groups is 1. The quantitative estimate of drug-likeness (QED) is 0.374. The lowest BCUT2D eigenvalue weighted by atomic mass is 9.93. The molecule has 3 heterocycles. The minimum atomic E-state index is -4.63. The van der Waals surface area contributed by atoms with Crippen LogP contribution in [0.25, 0.3) is 11.3 Å². The summed E-state index contributed by atoms with van der Waals surface area (Å²) in [6, 6.07) is 13.7. The van der Waals surface area contributed by atoms with Crippen LogP contribution in [-0.4, -0.2) is 31.5 Å². The zero-order chi connectivity index (χ0) is 26.1. The molecule has 1 aromatic carbocycles. The third kappa shape index (κ3) is 5.72. The van der Waals surface area contributed by atoms with Crippen molar-refractivity contribution in [1.82, 2.24) is 9.97 Å². The van der Waals surface area contributed by atoms with Crippen LogP contribution in [0.3, 0.4) is 0 Å². The van der Waals surface area contributed by atoms with Gasteiger partial charge in [-0.05, 0) is 54.5 Å². The van der Waals surface area contributed by atoms with Crippen molar-refractivity contribution in [2.45, 2.75) is 56.5 Å². The Balaban J connectivity index is 1.71. The van der Waals surface area contributed by atoms with Crippen molar-refractivity contribution in [1.29, 1.82) is 0 Å². The number of rotatable bonds is 6. The average molecular weight is 518 g/mol. The van der Waals surface area contributed by atoms with Gasteiger partial charge in [-0.25, -0.2) is 13.4 Å². The largest absolute Gasteiger partial charge is 0.418 e. The number of aromatic nitrogens is 2. The molecule has 0 amide bonds. The molecule has 0 saturated carbocycles. The summed E-state index contributed by atoms with van der Waals surface area (Å²) in [5.74, 6) is 0.495. The van der Waals surface area contributed by atoms with Gasteiger partial charge in [0.15, 0.2) is 5.03 Å². The maximum Gasteiger partial charge on any atom is 0.418 e. The molecule has 0 bridgehead atoms. The van der Waals surface area contributed by atoms with Gasteiger partial charge in [0, 0.05) is 18.7 Å². The van der Waals surface area contributed by atoms with Gasteiger partial charge in [-0.15, -0.1) is 0 Å². The van der Waals surface area contributed by atoms with Crippen LogP contribution in [0.1, 0.15) is 56.4 Å². The van der Waals surface area contributed by atoms with E-state index in [0.29, 0.717) is 22.9 Å². The third-order valence-corrected chi connectivity index (χ3v) is 7.98. The molecule has 2 aromatic heterocycles. The Morgan fingerprint density at radius 1 is 1.03 bits per heavy atom. The van der Waals surface area contributed by atoms with Crippen molar-refractivity contribution in [2.24, 2.45) is 5.92 Å². The number of pyridine rings is 2. The van der Waals surface area contributed by atoms with Gasteiger partial charge in [-0.3, -0.25) is 4.98 Å². The number of benzene rings is 1. The number of hydrogen-bond donors (Lipinski definition) is 0. The fraction of sp³-hybridized carbons (Fsp3) is 0.407. The van der Waals surface area contributed by atoms with Gasteiger partial charge in [0.05, 0.1) is 22.7 Å². The third-order valence-electron chi connectivity index (χ3n) is 6.44. The van der Waals surface area contributed by atoms with Gasteiger partial charge in [-0.1, -0.05) is 51.1 Å². The van der Waals surface area contributed by atoms with Crippen molar-refractivity contribution in [2.75, 3.05) is 18.0 Å². The second kappa shape index (κ2) is 10.2. The normalized spacial score (nSPS) is 17.0. The molecule has 9 heteroatoms. The van der Waals surface area contributed by atoms with Gasteiger partial charge in [0.2, 0.25) is 9.84 Å². The van der Waals surface area contributed by atoms with Gasteiger partial charge in [-0.2, -0.15) is 13.2 Å². The number of nitrogens with zero attached hydrogens (tertiary/aromatic N) is 3.